The van der Waals surface area contributed by atoms with Gasteiger partial charge in [-0.25, -0.2) is 0 Å². The molecule has 1 atom stereocenters. The SMILES string of the molecule is NC(=O)Cc1ccc(OCCNCC(O)c2cccc(C(F)(F)F)c2)cc1. The zero-order valence-electron chi connectivity index (χ0n) is 14.5. The van der Waals surface area contributed by atoms with Crippen LogP contribution in [0.25, 0.3) is 0 Å². The smallest absolute Gasteiger partial charge is 0.416 e. The molecule has 5 nitrogen and oxygen atoms in total. The summed E-state index contributed by atoms with van der Waals surface area (Å²) in [5.41, 5.74) is 5.31. The predicted octanol–water partition coefficient (Wildman–Crippen LogP) is 2.44. The van der Waals surface area contributed by atoms with Gasteiger partial charge in [0.1, 0.15) is 12.4 Å². The minimum absolute atomic E-state index is 0.0994. The highest BCUT2D eigenvalue weighted by Crippen LogP contribution is 2.30. The van der Waals surface area contributed by atoms with Crippen LogP contribution in [0.5, 0.6) is 5.75 Å². The summed E-state index contributed by atoms with van der Waals surface area (Å²) in [6, 6.07) is 11.5. The number of amides is 1. The van der Waals surface area contributed by atoms with Gasteiger partial charge in [-0.3, -0.25) is 4.79 Å². The lowest BCUT2D eigenvalue weighted by Crippen LogP contribution is -2.26. The molecule has 2 aromatic carbocycles. The Hall–Kier alpha value is -2.58. The van der Waals surface area contributed by atoms with E-state index in [1.807, 2.05) is 0 Å². The summed E-state index contributed by atoms with van der Waals surface area (Å²) in [7, 11) is 0. The van der Waals surface area contributed by atoms with Gasteiger partial charge < -0.3 is 20.9 Å². The van der Waals surface area contributed by atoms with Crippen LogP contribution < -0.4 is 15.8 Å². The Kier molecular flexibility index (Phi) is 7.20. The molecule has 146 valence electrons. The molecule has 0 heterocycles. The van der Waals surface area contributed by atoms with Gasteiger partial charge in [0.25, 0.3) is 0 Å². The lowest BCUT2D eigenvalue weighted by atomic mass is 10.1. The van der Waals surface area contributed by atoms with Gasteiger partial charge in [0, 0.05) is 13.1 Å². The monoisotopic (exact) mass is 382 g/mol. The molecule has 27 heavy (non-hydrogen) atoms. The maximum atomic E-state index is 12.7. The number of alkyl halides is 3. The number of nitrogens with one attached hydrogen (secondary N) is 1. The Bertz CT molecular complexity index is 749. The van der Waals surface area contributed by atoms with Crippen molar-refractivity contribution in [3.05, 3.63) is 65.2 Å². The first-order valence-corrected chi connectivity index (χ1v) is 8.31. The van der Waals surface area contributed by atoms with Crippen molar-refractivity contribution in [1.82, 2.24) is 5.32 Å². The standard InChI is InChI=1S/C19H21F3N2O3/c20-19(21,22)15-3-1-2-14(11-15)17(25)12-24-8-9-27-16-6-4-13(5-7-16)10-18(23)26/h1-7,11,17,24-25H,8-10,12H2,(H2,23,26). The van der Waals surface area contributed by atoms with Crippen molar-refractivity contribution in [2.24, 2.45) is 5.73 Å². The molecule has 2 aromatic rings. The number of rotatable bonds is 9. The first kappa shape index (κ1) is 20.7. The van der Waals surface area contributed by atoms with Crippen molar-refractivity contribution in [1.29, 1.82) is 0 Å². The van der Waals surface area contributed by atoms with Gasteiger partial charge in [0.2, 0.25) is 5.91 Å². The third kappa shape index (κ3) is 6.92. The average Bonchev–Trinajstić information content (AvgIpc) is 2.61. The second-order valence-corrected chi connectivity index (χ2v) is 5.98. The van der Waals surface area contributed by atoms with E-state index in [9.17, 15) is 23.1 Å². The highest BCUT2D eigenvalue weighted by molar-refractivity contribution is 5.76. The maximum Gasteiger partial charge on any atom is 0.416 e. The van der Waals surface area contributed by atoms with E-state index < -0.39 is 23.8 Å². The van der Waals surface area contributed by atoms with Gasteiger partial charge in [-0.05, 0) is 35.4 Å². The summed E-state index contributed by atoms with van der Waals surface area (Å²) in [4.78, 5) is 10.8. The number of ether oxygens (including phenoxy) is 1. The predicted molar refractivity (Wildman–Crippen MR) is 94.1 cm³/mol. The van der Waals surface area contributed by atoms with Crippen molar-refractivity contribution in [2.45, 2.75) is 18.7 Å². The van der Waals surface area contributed by atoms with Crippen LogP contribution >= 0.6 is 0 Å². The number of carbonyl (C=O) groups is 1. The molecule has 0 aliphatic rings. The molecule has 8 heteroatoms. The van der Waals surface area contributed by atoms with Crippen molar-refractivity contribution < 1.29 is 27.8 Å². The molecule has 0 saturated carbocycles. The lowest BCUT2D eigenvalue weighted by molar-refractivity contribution is -0.137. The summed E-state index contributed by atoms with van der Waals surface area (Å²) in [6.45, 7) is 0.811. The molecule has 0 aromatic heterocycles. The number of hydrogen-bond acceptors (Lipinski definition) is 4. The fourth-order valence-corrected chi connectivity index (χ4v) is 2.42. The van der Waals surface area contributed by atoms with Crippen LogP contribution in [0.2, 0.25) is 0 Å². The van der Waals surface area contributed by atoms with Gasteiger partial charge in [-0.2, -0.15) is 13.2 Å². The third-order valence-corrected chi connectivity index (χ3v) is 3.79. The summed E-state index contributed by atoms with van der Waals surface area (Å²) >= 11 is 0. The third-order valence-electron chi connectivity index (χ3n) is 3.79. The molecule has 0 bridgehead atoms. The van der Waals surface area contributed by atoms with Gasteiger partial charge in [-0.1, -0.05) is 24.3 Å². The normalized spacial score (nSPS) is 12.6. The van der Waals surface area contributed by atoms with Gasteiger partial charge >= 0.3 is 6.18 Å². The Morgan fingerprint density at radius 3 is 2.52 bits per heavy atom. The zero-order chi connectivity index (χ0) is 19.9. The van der Waals surface area contributed by atoms with E-state index in [4.69, 9.17) is 10.5 Å². The van der Waals surface area contributed by atoms with Crippen LogP contribution in [0.4, 0.5) is 13.2 Å². The van der Waals surface area contributed by atoms with Gasteiger partial charge in [0.05, 0.1) is 18.1 Å². The number of nitrogens with two attached hydrogens (primary N) is 1. The van der Waals surface area contributed by atoms with Crippen LogP contribution in [0, 0.1) is 0 Å². The molecular formula is C19H21F3N2O3. The molecular weight excluding hydrogens is 361 g/mol. The molecule has 1 unspecified atom stereocenters. The van der Waals surface area contributed by atoms with E-state index in [2.05, 4.69) is 5.32 Å². The molecule has 0 spiro atoms. The summed E-state index contributed by atoms with van der Waals surface area (Å²) in [6.07, 6.45) is -5.33. The van der Waals surface area contributed by atoms with Crippen molar-refractivity contribution in [2.75, 3.05) is 19.7 Å². The molecule has 4 N–H and O–H groups in total. The minimum Gasteiger partial charge on any atom is -0.492 e. The second-order valence-electron chi connectivity index (χ2n) is 5.98. The first-order valence-electron chi connectivity index (χ1n) is 8.31. The Balaban J connectivity index is 1.73. The van der Waals surface area contributed by atoms with Crippen LogP contribution in [0.3, 0.4) is 0 Å². The summed E-state index contributed by atoms with van der Waals surface area (Å²) in [5, 5.41) is 13.0. The Labute approximate surface area is 154 Å². The van der Waals surface area contributed by atoms with Crippen LogP contribution in [-0.2, 0) is 17.4 Å². The fraction of sp³-hybridized carbons (Fsp3) is 0.316. The van der Waals surface area contributed by atoms with E-state index in [0.717, 1.165) is 17.7 Å². The van der Waals surface area contributed by atoms with Crippen molar-refractivity contribution in [3.8, 4) is 5.75 Å². The number of benzene rings is 2. The number of halogens is 3. The molecule has 2 rings (SSSR count). The topological polar surface area (TPSA) is 84.6 Å². The second kappa shape index (κ2) is 9.38. The number of primary amides is 1. The molecule has 0 saturated heterocycles. The minimum atomic E-state index is -4.44. The maximum absolute atomic E-state index is 12.7. The number of aliphatic hydroxyl groups excluding tert-OH is 1. The van der Waals surface area contributed by atoms with E-state index >= 15 is 0 Å². The molecule has 0 fully saturated rings. The van der Waals surface area contributed by atoms with Crippen LogP contribution in [0.1, 0.15) is 22.8 Å². The first-order chi connectivity index (χ1) is 12.8. The van der Waals surface area contributed by atoms with Crippen LogP contribution in [0.15, 0.2) is 48.5 Å². The molecule has 0 aliphatic heterocycles. The van der Waals surface area contributed by atoms with Crippen molar-refractivity contribution in [3.63, 3.8) is 0 Å². The zero-order valence-corrected chi connectivity index (χ0v) is 14.5. The van der Waals surface area contributed by atoms with E-state index in [-0.39, 0.29) is 18.5 Å². The van der Waals surface area contributed by atoms with E-state index in [1.54, 1.807) is 24.3 Å². The largest absolute Gasteiger partial charge is 0.492 e. The summed E-state index contributed by atoms with van der Waals surface area (Å²) < 4.78 is 43.6. The summed E-state index contributed by atoms with van der Waals surface area (Å²) in [5.74, 6) is 0.204. The fourth-order valence-electron chi connectivity index (χ4n) is 2.42. The highest BCUT2D eigenvalue weighted by atomic mass is 19.4. The molecule has 1 amide bonds. The van der Waals surface area contributed by atoms with Crippen molar-refractivity contribution >= 4 is 5.91 Å². The Morgan fingerprint density at radius 2 is 1.89 bits per heavy atom. The van der Waals surface area contributed by atoms with Gasteiger partial charge in [-0.15, -0.1) is 0 Å². The van der Waals surface area contributed by atoms with Crippen LogP contribution in [-0.4, -0.2) is 30.7 Å². The molecule has 0 aliphatic carbocycles. The lowest BCUT2D eigenvalue weighted by Gasteiger charge is -2.15. The quantitative estimate of drug-likeness (QED) is 0.582. The highest BCUT2D eigenvalue weighted by Gasteiger charge is 2.30. The molecule has 0 radical (unpaired) electrons. The van der Waals surface area contributed by atoms with E-state index in [0.29, 0.717) is 18.9 Å². The number of hydrogen-bond donors (Lipinski definition) is 3. The average molecular weight is 382 g/mol. The Morgan fingerprint density at radius 1 is 1.19 bits per heavy atom. The number of aliphatic hydroxyl groups is 1. The van der Waals surface area contributed by atoms with E-state index in [1.165, 1.54) is 12.1 Å². The van der Waals surface area contributed by atoms with Gasteiger partial charge in [0.15, 0.2) is 0 Å². The number of carbonyl (C=O) groups excluding carboxylic acids is 1.